The second-order valence-electron chi connectivity index (χ2n) is 5.19. The lowest BCUT2D eigenvalue weighted by molar-refractivity contribution is 0.764. The molecule has 3 aromatic heterocycles. The van der Waals surface area contributed by atoms with Gasteiger partial charge in [-0.3, -0.25) is 4.98 Å². The van der Waals surface area contributed by atoms with Crippen LogP contribution in [-0.4, -0.2) is 19.5 Å². The Labute approximate surface area is 125 Å². The van der Waals surface area contributed by atoms with E-state index in [1.54, 1.807) is 12.4 Å². The molecule has 0 unspecified atom stereocenters. The first-order chi connectivity index (χ1) is 9.74. The van der Waals surface area contributed by atoms with Gasteiger partial charge in [-0.15, -0.1) is 0 Å². The second-order valence-corrected chi connectivity index (χ2v) is 6.04. The van der Waals surface area contributed by atoms with E-state index < -0.39 is 0 Å². The SMILES string of the molecule is Cc1nc(-c2cccnc2)nc2c1c(Br)cn2C1CC1. The van der Waals surface area contributed by atoms with Gasteiger partial charge in [0.05, 0.1) is 11.1 Å². The smallest absolute Gasteiger partial charge is 0.163 e. The van der Waals surface area contributed by atoms with Crippen LogP contribution >= 0.6 is 15.9 Å². The van der Waals surface area contributed by atoms with Crippen LogP contribution in [0, 0.1) is 6.92 Å². The molecule has 20 heavy (non-hydrogen) atoms. The van der Waals surface area contributed by atoms with E-state index in [-0.39, 0.29) is 0 Å². The molecule has 1 fully saturated rings. The summed E-state index contributed by atoms with van der Waals surface area (Å²) in [6.07, 6.45) is 8.18. The van der Waals surface area contributed by atoms with Gasteiger partial charge in [-0.05, 0) is 47.8 Å². The Balaban J connectivity index is 1.99. The van der Waals surface area contributed by atoms with Gasteiger partial charge < -0.3 is 4.57 Å². The highest BCUT2D eigenvalue weighted by Gasteiger charge is 2.27. The van der Waals surface area contributed by atoms with Gasteiger partial charge in [0.2, 0.25) is 0 Å². The molecular weight excluding hydrogens is 316 g/mol. The highest BCUT2D eigenvalue weighted by molar-refractivity contribution is 9.10. The number of aryl methyl sites for hydroxylation is 1. The summed E-state index contributed by atoms with van der Waals surface area (Å²) in [6.45, 7) is 2.03. The van der Waals surface area contributed by atoms with Crippen molar-refractivity contribution in [2.24, 2.45) is 0 Å². The van der Waals surface area contributed by atoms with Gasteiger partial charge in [0.25, 0.3) is 0 Å². The first-order valence-corrected chi connectivity index (χ1v) is 7.48. The highest BCUT2D eigenvalue weighted by atomic mass is 79.9. The van der Waals surface area contributed by atoms with Crippen LogP contribution in [0.15, 0.2) is 35.2 Å². The number of hydrogen-bond donors (Lipinski definition) is 0. The molecular formula is C15H13BrN4. The minimum absolute atomic E-state index is 0.597. The van der Waals surface area contributed by atoms with E-state index in [0.717, 1.165) is 32.6 Å². The van der Waals surface area contributed by atoms with E-state index >= 15 is 0 Å². The first-order valence-electron chi connectivity index (χ1n) is 6.69. The molecule has 0 spiro atoms. The summed E-state index contributed by atoms with van der Waals surface area (Å²) in [5.74, 6) is 0.746. The Morgan fingerprint density at radius 3 is 2.85 bits per heavy atom. The third-order valence-electron chi connectivity index (χ3n) is 3.67. The van der Waals surface area contributed by atoms with Gasteiger partial charge in [-0.1, -0.05) is 0 Å². The van der Waals surface area contributed by atoms with Crippen LogP contribution in [0.3, 0.4) is 0 Å². The molecule has 3 aromatic rings. The Hall–Kier alpha value is -1.75. The third-order valence-corrected chi connectivity index (χ3v) is 4.27. The van der Waals surface area contributed by atoms with Crippen molar-refractivity contribution in [3.63, 3.8) is 0 Å². The van der Waals surface area contributed by atoms with E-state index in [0.29, 0.717) is 6.04 Å². The molecule has 3 heterocycles. The fourth-order valence-electron chi connectivity index (χ4n) is 2.53. The molecule has 4 nitrogen and oxygen atoms in total. The molecule has 1 aliphatic rings. The molecule has 1 saturated carbocycles. The number of aromatic nitrogens is 4. The largest absolute Gasteiger partial charge is 0.328 e. The maximum atomic E-state index is 4.77. The lowest BCUT2D eigenvalue weighted by Gasteiger charge is -2.06. The summed E-state index contributed by atoms with van der Waals surface area (Å²) < 4.78 is 3.35. The Morgan fingerprint density at radius 1 is 1.30 bits per heavy atom. The van der Waals surface area contributed by atoms with Crippen molar-refractivity contribution in [2.75, 3.05) is 0 Å². The fourth-order valence-corrected chi connectivity index (χ4v) is 3.21. The van der Waals surface area contributed by atoms with Crippen molar-refractivity contribution in [3.8, 4) is 11.4 Å². The average Bonchev–Trinajstić information content (AvgIpc) is 3.24. The standard InChI is InChI=1S/C15H13BrN4/c1-9-13-12(16)8-20(11-4-5-11)15(13)19-14(18-9)10-3-2-6-17-7-10/h2-3,6-8,11H,4-5H2,1H3. The quantitative estimate of drug-likeness (QED) is 0.716. The van der Waals surface area contributed by atoms with E-state index in [1.165, 1.54) is 12.8 Å². The lowest BCUT2D eigenvalue weighted by atomic mass is 10.2. The molecule has 0 bridgehead atoms. The number of hydrogen-bond acceptors (Lipinski definition) is 3. The second kappa shape index (κ2) is 4.38. The van der Waals surface area contributed by atoms with Crippen molar-refractivity contribution in [3.05, 3.63) is 40.9 Å². The number of fused-ring (bicyclic) bond motifs is 1. The Bertz CT molecular complexity index is 790. The van der Waals surface area contributed by atoms with Crippen molar-refractivity contribution in [1.82, 2.24) is 19.5 Å². The monoisotopic (exact) mass is 328 g/mol. The zero-order chi connectivity index (χ0) is 13.7. The van der Waals surface area contributed by atoms with Crippen LogP contribution in [0.5, 0.6) is 0 Å². The van der Waals surface area contributed by atoms with Gasteiger partial charge in [0.1, 0.15) is 5.65 Å². The number of rotatable bonds is 2. The summed E-state index contributed by atoms with van der Waals surface area (Å²) in [6, 6.07) is 4.50. The van der Waals surface area contributed by atoms with Gasteiger partial charge in [-0.25, -0.2) is 9.97 Å². The van der Waals surface area contributed by atoms with Crippen LogP contribution in [0.4, 0.5) is 0 Å². The Kier molecular flexibility index (Phi) is 2.63. The number of pyridine rings is 1. The molecule has 0 aliphatic heterocycles. The lowest BCUT2D eigenvalue weighted by Crippen LogP contribution is -1.98. The molecule has 0 aromatic carbocycles. The van der Waals surface area contributed by atoms with Crippen LogP contribution in [0.25, 0.3) is 22.4 Å². The molecule has 0 saturated heterocycles. The van der Waals surface area contributed by atoms with Crippen LogP contribution < -0.4 is 0 Å². The maximum absolute atomic E-state index is 4.77. The minimum atomic E-state index is 0.597. The van der Waals surface area contributed by atoms with Gasteiger partial charge in [0, 0.05) is 34.7 Å². The molecule has 0 amide bonds. The number of halogens is 1. The highest BCUT2D eigenvalue weighted by Crippen LogP contribution is 2.40. The van der Waals surface area contributed by atoms with E-state index in [1.807, 2.05) is 19.1 Å². The normalized spacial score (nSPS) is 14.9. The number of nitrogens with zero attached hydrogens (tertiary/aromatic N) is 4. The third kappa shape index (κ3) is 1.85. The van der Waals surface area contributed by atoms with Gasteiger partial charge in [0.15, 0.2) is 5.82 Å². The average molecular weight is 329 g/mol. The molecule has 0 N–H and O–H groups in total. The molecule has 4 rings (SSSR count). The van der Waals surface area contributed by atoms with Crippen molar-refractivity contribution < 1.29 is 0 Å². The van der Waals surface area contributed by atoms with Crippen molar-refractivity contribution >= 4 is 27.0 Å². The van der Waals surface area contributed by atoms with Crippen LogP contribution in [0.1, 0.15) is 24.6 Å². The molecule has 1 aliphatic carbocycles. The predicted octanol–water partition coefficient (Wildman–Crippen LogP) is 3.90. The molecule has 0 radical (unpaired) electrons. The molecule has 0 atom stereocenters. The zero-order valence-electron chi connectivity index (χ0n) is 11.0. The summed E-state index contributed by atoms with van der Waals surface area (Å²) in [4.78, 5) is 13.6. The van der Waals surface area contributed by atoms with Crippen LogP contribution in [0.2, 0.25) is 0 Å². The Morgan fingerprint density at radius 2 is 2.15 bits per heavy atom. The molecule has 100 valence electrons. The summed E-state index contributed by atoms with van der Waals surface area (Å²) >= 11 is 3.63. The minimum Gasteiger partial charge on any atom is -0.328 e. The zero-order valence-corrected chi connectivity index (χ0v) is 12.6. The van der Waals surface area contributed by atoms with Gasteiger partial charge >= 0.3 is 0 Å². The summed E-state index contributed by atoms with van der Waals surface area (Å²) in [5.41, 5.74) is 2.98. The van der Waals surface area contributed by atoms with E-state index in [4.69, 9.17) is 4.98 Å². The van der Waals surface area contributed by atoms with Crippen LogP contribution in [-0.2, 0) is 0 Å². The topological polar surface area (TPSA) is 43.6 Å². The summed E-state index contributed by atoms with van der Waals surface area (Å²) in [5, 5.41) is 1.12. The summed E-state index contributed by atoms with van der Waals surface area (Å²) in [7, 11) is 0. The fraction of sp³-hybridized carbons (Fsp3) is 0.267. The van der Waals surface area contributed by atoms with Crippen molar-refractivity contribution in [2.45, 2.75) is 25.8 Å². The first kappa shape index (κ1) is 12.0. The van der Waals surface area contributed by atoms with Crippen molar-refractivity contribution in [1.29, 1.82) is 0 Å². The maximum Gasteiger partial charge on any atom is 0.163 e. The van der Waals surface area contributed by atoms with E-state index in [2.05, 4.69) is 36.7 Å². The predicted molar refractivity (Wildman–Crippen MR) is 81.5 cm³/mol. The molecule has 5 heteroatoms. The van der Waals surface area contributed by atoms with Gasteiger partial charge in [-0.2, -0.15) is 0 Å². The van der Waals surface area contributed by atoms with E-state index in [9.17, 15) is 0 Å².